The molecule has 1 atom stereocenters. The zero-order valence-electron chi connectivity index (χ0n) is 8.94. The summed E-state index contributed by atoms with van der Waals surface area (Å²) < 4.78 is 9.16. The number of hydrogen-bond acceptors (Lipinski definition) is 5. The van der Waals surface area contributed by atoms with Crippen LogP contribution >= 0.6 is 0 Å². The van der Waals surface area contributed by atoms with E-state index in [4.69, 9.17) is 5.11 Å². The molecule has 0 aliphatic rings. The lowest BCUT2D eigenvalue weighted by Crippen LogP contribution is -2.19. The first-order valence-corrected chi connectivity index (χ1v) is 4.84. The molecular formula is C10H18O5. The highest BCUT2D eigenvalue weighted by Crippen LogP contribution is 2.06. The van der Waals surface area contributed by atoms with Crippen LogP contribution in [0.4, 0.5) is 0 Å². The van der Waals surface area contributed by atoms with Gasteiger partial charge in [-0.15, -0.1) is 0 Å². The Morgan fingerprint density at radius 2 is 2.07 bits per heavy atom. The molecule has 0 aliphatic carbocycles. The third-order valence-corrected chi connectivity index (χ3v) is 1.83. The topological polar surface area (TPSA) is 76.0 Å². The summed E-state index contributed by atoms with van der Waals surface area (Å²) in [5.74, 6) is -0.892. The van der Waals surface area contributed by atoms with Gasteiger partial charge < -0.3 is 19.7 Å². The molecule has 0 radical (unpaired) electrons. The van der Waals surface area contributed by atoms with Crippen molar-refractivity contribution in [2.45, 2.75) is 32.0 Å². The fourth-order valence-corrected chi connectivity index (χ4v) is 0.939. The lowest BCUT2D eigenvalue weighted by molar-refractivity contribution is -0.167. The Hall–Kier alpha value is -1.07. The number of carbonyl (C=O) groups excluding carboxylic acids is 1. The molecule has 0 aromatic heterocycles. The average molecular weight is 218 g/mol. The van der Waals surface area contributed by atoms with Crippen molar-refractivity contribution in [3.8, 4) is 0 Å². The van der Waals surface area contributed by atoms with E-state index < -0.39 is 12.3 Å². The second-order valence-electron chi connectivity index (χ2n) is 3.06. The maximum Gasteiger partial charge on any atom is 0.375 e. The fourth-order valence-electron chi connectivity index (χ4n) is 0.939. The molecular weight excluding hydrogens is 200 g/mol. The van der Waals surface area contributed by atoms with Crippen molar-refractivity contribution < 1.29 is 24.5 Å². The lowest BCUT2D eigenvalue weighted by Gasteiger charge is -2.12. The standard InChI is InChI=1S/C10H18O5/c1-8(14-2)10(13)15-9(12)6-4-3-5-7-11/h9,11-12H,1,3-7H2,2H3. The normalized spacial score (nSPS) is 11.9. The highest BCUT2D eigenvalue weighted by Gasteiger charge is 2.13. The molecule has 0 amide bonds. The Labute approximate surface area is 89.3 Å². The summed E-state index contributed by atoms with van der Waals surface area (Å²) in [6.07, 6.45) is 1.38. The number of unbranched alkanes of at least 4 members (excludes halogenated alkanes) is 2. The molecule has 15 heavy (non-hydrogen) atoms. The summed E-state index contributed by atoms with van der Waals surface area (Å²) >= 11 is 0. The first-order valence-electron chi connectivity index (χ1n) is 4.84. The Kier molecular flexibility index (Phi) is 7.67. The average Bonchev–Trinajstić information content (AvgIpc) is 2.23. The van der Waals surface area contributed by atoms with Crippen LogP contribution < -0.4 is 0 Å². The van der Waals surface area contributed by atoms with Crippen molar-refractivity contribution in [3.05, 3.63) is 12.3 Å². The van der Waals surface area contributed by atoms with E-state index in [1.165, 1.54) is 7.11 Å². The van der Waals surface area contributed by atoms with E-state index in [-0.39, 0.29) is 12.4 Å². The van der Waals surface area contributed by atoms with E-state index in [0.29, 0.717) is 19.3 Å². The maximum atomic E-state index is 11.0. The predicted octanol–water partition coefficient (Wildman–Crippen LogP) is 0.561. The van der Waals surface area contributed by atoms with Gasteiger partial charge in [0.1, 0.15) is 0 Å². The molecule has 0 aliphatic heterocycles. The van der Waals surface area contributed by atoms with E-state index in [0.717, 1.165) is 6.42 Å². The number of aliphatic hydroxyl groups excluding tert-OH is 2. The summed E-state index contributed by atoms with van der Waals surface area (Å²) in [6, 6.07) is 0. The smallest absolute Gasteiger partial charge is 0.375 e. The molecule has 0 rings (SSSR count). The number of rotatable bonds is 8. The Bertz CT molecular complexity index is 202. The molecule has 0 spiro atoms. The number of aliphatic hydroxyl groups is 2. The zero-order chi connectivity index (χ0) is 11.7. The molecule has 0 saturated carbocycles. The molecule has 88 valence electrons. The van der Waals surface area contributed by atoms with Crippen molar-refractivity contribution in [3.63, 3.8) is 0 Å². The van der Waals surface area contributed by atoms with Crippen LogP contribution in [-0.4, -0.2) is 36.2 Å². The van der Waals surface area contributed by atoms with Crippen LogP contribution in [0.25, 0.3) is 0 Å². The van der Waals surface area contributed by atoms with Crippen LogP contribution in [0.15, 0.2) is 12.3 Å². The summed E-state index contributed by atoms with van der Waals surface area (Å²) in [5.41, 5.74) is 0. The third kappa shape index (κ3) is 6.93. The molecule has 0 saturated heterocycles. The van der Waals surface area contributed by atoms with Gasteiger partial charge in [0.25, 0.3) is 0 Å². The van der Waals surface area contributed by atoms with Crippen LogP contribution in [-0.2, 0) is 14.3 Å². The maximum absolute atomic E-state index is 11.0. The third-order valence-electron chi connectivity index (χ3n) is 1.83. The van der Waals surface area contributed by atoms with Crippen LogP contribution in [0, 0.1) is 0 Å². The summed E-state index contributed by atoms with van der Waals surface area (Å²) in [6.45, 7) is 3.43. The summed E-state index contributed by atoms with van der Waals surface area (Å²) in [5, 5.41) is 17.8. The van der Waals surface area contributed by atoms with E-state index >= 15 is 0 Å². The highest BCUT2D eigenvalue weighted by atomic mass is 16.6. The van der Waals surface area contributed by atoms with Gasteiger partial charge in [0, 0.05) is 13.0 Å². The molecule has 0 heterocycles. The SMILES string of the molecule is C=C(OC)C(=O)OC(O)CCCCCO. The minimum Gasteiger partial charge on any atom is -0.490 e. The Morgan fingerprint density at radius 1 is 1.40 bits per heavy atom. The van der Waals surface area contributed by atoms with Crippen molar-refractivity contribution >= 4 is 5.97 Å². The first kappa shape index (κ1) is 13.9. The van der Waals surface area contributed by atoms with E-state index in [2.05, 4.69) is 16.1 Å². The van der Waals surface area contributed by atoms with Gasteiger partial charge in [0.15, 0.2) is 5.76 Å². The summed E-state index contributed by atoms with van der Waals surface area (Å²) in [4.78, 5) is 11.0. The largest absolute Gasteiger partial charge is 0.490 e. The van der Waals surface area contributed by atoms with E-state index in [1.54, 1.807) is 0 Å². The Morgan fingerprint density at radius 3 is 2.60 bits per heavy atom. The van der Waals surface area contributed by atoms with Gasteiger partial charge in [-0.3, -0.25) is 0 Å². The van der Waals surface area contributed by atoms with Gasteiger partial charge in [-0.05, 0) is 19.4 Å². The molecule has 0 bridgehead atoms. The lowest BCUT2D eigenvalue weighted by atomic mass is 10.2. The van der Waals surface area contributed by atoms with Gasteiger partial charge in [-0.2, -0.15) is 0 Å². The van der Waals surface area contributed by atoms with Gasteiger partial charge in [-0.1, -0.05) is 6.42 Å². The number of methoxy groups -OCH3 is 1. The van der Waals surface area contributed by atoms with Crippen molar-refractivity contribution in [2.75, 3.05) is 13.7 Å². The van der Waals surface area contributed by atoms with Crippen LogP contribution in [0.2, 0.25) is 0 Å². The van der Waals surface area contributed by atoms with Gasteiger partial charge in [-0.25, -0.2) is 4.79 Å². The van der Waals surface area contributed by atoms with Crippen molar-refractivity contribution in [1.82, 2.24) is 0 Å². The van der Waals surface area contributed by atoms with Crippen molar-refractivity contribution in [1.29, 1.82) is 0 Å². The van der Waals surface area contributed by atoms with E-state index in [1.807, 2.05) is 0 Å². The van der Waals surface area contributed by atoms with Crippen LogP contribution in [0.1, 0.15) is 25.7 Å². The van der Waals surface area contributed by atoms with Crippen LogP contribution in [0.5, 0.6) is 0 Å². The predicted molar refractivity (Wildman–Crippen MR) is 53.8 cm³/mol. The molecule has 0 aromatic carbocycles. The molecule has 0 fully saturated rings. The molecule has 5 heteroatoms. The number of esters is 1. The highest BCUT2D eigenvalue weighted by molar-refractivity contribution is 5.85. The Balaban J connectivity index is 3.60. The molecule has 0 aromatic rings. The number of hydrogen-bond donors (Lipinski definition) is 2. The first-order chi connectivity index (χ1) is 7.11. The number of ether oxygens (including phenoxy) is 2. The minimum absolute atomic E-state index is 0.135. The second kappa shape index (κ2) is 8.26. The molecule has 2 N–H and O–H groups in total. The molecule has 5 nitrogen and oxygen atoms in total. The minimum atomic E-state index is -1.14. The number of carbonyl (C=O) groups is 1. The van der Waals surface area contributed by atoms with Crippen LogP contribution in [0.3, 0.4) is 0 Å². The van der Waals surface area contributed by atoms with Gasteiger partial charge in [0.05, 0.1) is 7.11 Å². The summed E-state index contributed by atoms with van der Waals surface area (Å²) in [7, 11) is 1.30. The van der Waals surface area contributed by atoms with Gasteiger partial charge >= 0.3 is 5.97 Å². The van der Waals surface area contributed by atoms with Gasteiger partial charge in [0.2, 0.25) is 6.29 Å². The van der Waals surface area contributed by atoms with Crippen molar-refractivity contribution in [2.24, 2.45) is 0 Å². The molecule has 1 unspecified atom stereocenters. The zero-order valence-corrected chi connectivity index (χ0v) is 8.94. The second-order valence-corrected chi connectivity index (χ2v) is 3.06. The quantitative estimate of drug-likeness (QED) is 0.205. The fraction of sp³-hybridized carbons (Fsp3) is 0.700. The van der Waals surface area contributed by atoms with E-state index in [9.17, 15) is 9.90 Å². The monoisotopic (exact) mass is 218 g/mol.